The number of nitrogens with zero attached hydrogens (tertiary/aromatic N) is 1. The van der Waals surface area contributed by atoms with Crippen LogP contribution in [-0.2, 0) is 16.1 Å². The van der Waals surface area contributed by atoms with Crippen LogP contribution in [0.2, 0.25) is 5.02 Å². The van der Waals surface area contributed by atoms with Gasteiger partial charge in [-0.05, 0) is 56.9 Å². The summed E-state index contributed by atoms with van der Waals surface area (Å²) in [5.74, 6) is 0.619. The molecule has 2 aromatic rings. The molecule has 1 atom stereocenters. The van der Waals surface area contributed by atoms with Crippen molar-refractivity contribution in [3.8, 4) is 5.75 Å². The predicted octanol–water partition coefficient (Wildman–Crippen LogP) is 5.67. The largest absolute Gasteiger partial charge is 0.494 e. The number of ether oxygens (including phenoxy) is 1. The van der Waals surface area contributed by atoms with Crippen LogP contribution < -0.4 is 10.1 Å². The zero-order chi connectivity index (χ0) is 23.6. The van der Waals surface area contributed by atoms with Crippen molar-refractivity contribution in [1.29, 1.82) is 0 Å². The molecule has 0 radical (unpaired) electrons. The van der Waals surface area contributed by atoms with Crippen molar-refractivity contribution in [2.75, 3.05) is 6.61 Å². The highest BCUT2D eigenvalue weighted by Crippen LogP contribution is 2.21. The number of carbonyl (C=O) groups excluding carboxylic acids is 2. The molecule has 0 unspecified atom stereocenters. The smallest absolute Gasteiger partial charge is 0.242 e. The van der Waals surface area contributed by atoms with Gasteiger partial charge in [-0.2, -0.15) is 0 Å². The summed E-state index contributed by atoms with van der Waals surface area (Å²) in [7, 11) is 0. The maximum atomic E-state index is 13.2. The standard InChI is InChI=1S/C27H35ClN2O3/c1-20-14-16-24(17-15-20)33-18-8-13-26(31)30(19-22-9-6-7-12-25(22)28)21(2)27(32)29-23-10-4-3-5-11-23/h6-7,9,12,14-17,21,23H,3-5,8,10-11,13,18-19H2,1-2H3,(H,29,32)/t21-/m1/s1. The normalized spacial score (nSPS) is 15.0. The summed E-state index contributed by atoms with van der Waals surface area (Å²) in [6.07, 6.45) is 6.40. The number of halogens is 1. The predicted molar refractivity (Wildman–Crippen MR) is 132 cm³/mol. The molecule has 1 N–H and O–H groups in total. The zero-order valence-corrected chi connectivity index (χ0v) is 20.4. The Kier molecular flexibility index (Phi) is 9.61. The van der Waals surface area contributed by atoms with Gasteiger partial charge in [0, 0.05) is 24.0 Å². The van der Waals surface area contributed by atoms with E-state index in [9.17, 15) is 9.59 Å². The van der Waals surface area contributed by atoms with E-state index in [0.717, 1.165) is 37.0 Å². The van der Waals surface area contributed by atoms with Crippen molar-refractivity contribution in [2.24, 2.45) is 0 Å². The van der Waals surface area contributed by atoms with Gasteiger partial charge in [0.1, 0.15) is 11.8 Å². The number of hydrogen-bond donors (Lipinski definition) is 1. The highest BCUT2D eigenvalue weighted by atomic mass is 35.5. The summed E-state index contributed by atoms with van der Waals surface area (Å²) < 4.78 is 5.77. The van der Waals surface area contributed by atoms with Gasteiger partial charge in [-0.15, -0.1) is 0 Å². The molecule has 0 aliphatic heterocycles. The summed E-state index contributed by atoms with van der Waals surface area (Å²) in [6.45, 7) is 4.57. The average molecular weight is 471 g/mol. The molecular formula is C27H35ClN2O3. The highest BCUT2D eigenvalue weighted by molar-refractivity contribution is 6.31. The molecule has 2 amide bonds. The molecule has 1 saturated carbocycles. The van der Waals surface area contributed by atoms with Crippen molar-refractivity contribution >= 4 is 23.4 Å². The molecular weight excluding hydrogens is 436 g/mol. The van der Waals surface area contributed by atoms with Crippen molar-refractivity contribution in [3.05, 3.63) is 64.7 Å². The van der Waals surface area contributed by atoms with Gasteiger partial charge < -0.3 is 15.0 Å². The first-order chi connectivity index (χ1) is 15.9. The number of aryl methyl sites for hydroxylation is 1. The third kappa shape index (κ3) is 7.78. The van der Waals surface area contributed by atoms with Gasteiger partial charge in [0.2, 0.25) is 11.8 Å². The van der Waals surface area contributed by atoms with Gasteiger partial charge in [0.15, 0.2) is 0 Å². The monoisotopic (exact) mass is 470 g/mol. The fourth-order valence-electron chi connectivity index (χ4n) is 4.15. The Hall–Kier alpha value is -2.53. The second-order valence-electron chi connectivity index (χ2n) is 8.90. The molecule has 0 bridgehead atoms. The lowest BCUT2D eigenvalue weighted by Gasteiger charge is -2.31. The van der Waals surface area contributed by atoms with E-state index in [-0.39, 0.29) is 17.9 Å². The van der Waals surface area contributed by atoms with Crippen LogP contribution in [0.5, 0.6) is 5.75 Å². The Morgan fingerprint density at radius 2 is 1.79 bits per heavy atom. The van der Waals surface area contributed by atoms with Crippen LogP contribution in [0.25, 0.3) is 0 Å². The molecule has 3 rings (SSSR count). The van der Waals surface area contributed by atoms with Crippen LogP contribution in [0.15, 0.2) is 48.5 Å². The van der Waals surface area contributed by atoms with Crippen molar-refractivity contribution in [3.63, 3.8) is 0 Å². The minimum Gasteiger partial charge on any atom is -0.494 e. The van der Waals surface area contributed by atoms with Crippen LogP contribution in [0.1, 0.15) is 63.0 Å². The van der Waals surface area contributed by atoms with E-state index in [1.165, 1.54) is 12.0 Å². The van der Waals surface area contributed by atoms with Gasteiger partial charge in [-0.25, -0.2) is 0 Å². The van der Waals surface area contributed by atoms with Crippen molar-refractivity contribution in [1.82, 2.24) is 10.2 Å². The summed E-state index contributed by atoms with van der Waals surface area (Å²) in [4.78, 5) is 27.9. The lowest BCUT2D eigenvalue weighted by atomic mass is 9.95. The summed E-state index contributed by atoms with van der Waals surface area (Å²) >= 11 is 6.36. The van der Waals surface area contributed by atoms with Crippen LogP contribution in [0.3, 0.4) is 0 Å². The Morgan fingerprint density at radius 1 is 1.09 bits per heavy atom. The van der Waals surface area contributed by atoms with E-state index in [1.807, 2.05) is 55.5 Å². The molecule has 5 nitrogen and oxygen atoms in total. The molecule has 6 heteroatoms. The molecule has 1 aliphatic carbocycles. The quantitative estimate of drug-likeness (QED) is 0.455. The lowest BCUT2D eigenvalue weighted by molar-refractivity contribution is -0.141. The van der Waals surface area contributed by atoms with Gasteiger partial charge in [-0.1, -0.05) is 66.8 Å². The second kappa shape index (κ2) is 12.6. The average Bonchev–Trinajstić information content (AvgIpc) is 2.82. The first kappa shape index (κ1) is 25.1. The number of amides is 2. The zero-order valence-electron chi connectivity index (χ0n) is 19.7. The van der Waals surface area contributed by atoms with Gasteiger partial charge >= 0.3 is 0 Å². The fraction of sp³-hybridized carbons (Fsp3) is 0.481. The van der Waals surface area contributed by atoms with E-state index >= 15 is 0 Å². The molecule has 0 spiro atoms. The van der Waals surface area contributed by atoms with Crippen LogP contribution >= 0.6 is 11.6 Å². The Bertz CT molecular complexity index is 910. The van der Waals surface area contributed by atoms with Gasteiger partial charge in [-0.3, -0.25) is 9.59 Å². The molecule has 178 valence electrons. The van der Waals surface area contributed by atoms with Crippen molar-refractivity contribution < 1.29 is 14.3 Å². The van der Waals surface area contributed by atoms with E-state index in [2.05, 4.69) is 5.32 Å². The Morgan fingerprint density at radius 3 is 2.48 bits per heavy atom. The van der Waals surface area contributed by atoms with E-state index < -0.39 is 6.04 Å². The molecule has 33 heavy (non-hydrogen) atoms. The van der Waals surface area contributed by atoms with E-state index in [0.29, 0.717) is 31.0 Å². The number of carbonyl (C=O) groups is 2. The molecule has 1 aliphatic rings. The van der Waals surface area contributed by atoms with Gasteiger partial charge in [0.05, 0.1) is 6.61 Å². The second-order valence-corrected chi connectivity index (χ2v) is 9.30. The molecule has 1 fully saturated rings. The molecule has 0 aromatic heterocycles. The van der Waals surface area contributed by atoms with Crippen LogP contribution in [-0.4, -0.2) is 35.4 Å². The lowest BCUT2D eigenvalue weighted by Crippen LogP contribution is -2.50. The van der Waals surface area contributed by atoms with E-state index in [4.69, 9.17) is 16.3 Å². The number of hydrogen-bond acceptors (Lipinski definition) is 3. The molecule has 0 saturated heterocycles. The summed E-state index contributed by atoms with van der Waals surface area (Å²) in [6, 6.07) is 14.9. The maximum absolute atomic E-state index is 13.2. The fourth-order valence-corrected chi connectivity index (χ4v) is 4.35. The Labute approximate surface area is 202 Å². The van der Waals surface area contributed by atoms with Crippen LogP contribution in [0.4, 0.5) is 0 Å². The van der Waals surface area contributed by atoms with Gasteiger partial charge in [0.25, 0.3) is 0 Å². The maximum Gasteiger partial charge on any atom is 0.242 e. The molecule has 2 aromatic carbocycles. The van der Waals surface area contributed by atoms with E-state index in [1.54, 1.807) is 11.8 Å². The number of benzene rings is 2. The third-order valence-electron chi connectivity index (χ3n) is 6.24. The highest BCUT2D eigenvalue weighted by Gasteiger charge is 2.28. The SMILES string of the molecule is Cc1ccc(OCCCC(=O)N(Cc2ccccc2Cl)[C@H](C)C(=O)NC2CCCCC2)cc1. The summed E-state index contributed by atoms with van der Waals surface area (Å²) in [5, 5.41) is 3.75. The summed E-state index contributed by atoms with van der Waals surface area (Å²) in [5.41, 5.74) is 2.01. The number of rotatable bonds is 10. The first-order valence-electron chi connectivity index (χ1n) is 12.0. The van der Waals surface area contributed by atoms with Crippen LogP contribution in [0, 0.1) is 6.92 Å². The Balaban J connectivity index is 1.60. The first-order valence-corrected chi connectivity index (χ1v) is 12.3. The molecule has 0 heterocycles. The minimum atomic E-state index is -0.575. The third-order valence-corrected chi connectivity index (χ3v) is 6.61. The number of nitrogens with one attached hydrogen (secondary N) is 1. The topological polar surface area (TPSA) is 58.6 Å². The van der Waals surface area contributed by atoms with Crippen molar-refractivity contribution in [2.45, 2.75) is 77.4 Å². The minimum absolute atomic E-state index is 0.0753.